The number of aryl methyl sites for hydroxylation is 3. The lowest BCUT2D eigenvalue weighted by atomic mass is 9.81. The predicted octanol–water partition coefficient (Wildman–Crippen LogP) is 6.70. The van der Waals surface area contributed by atoms with E-state index in [1.165, 1.54) is 31.2 Å². The predicted molar refractivity (Wildman–Crippen MR) is 134 cm³/mol. The molecule has 1 aliphatic carbocycles. The number of anilines is 2. The van der Waals surface area contributed by atoms with Gasteiger partial charge in [0.25, 0.3) is 0 Å². The van der Waals surface area contributed by atoms with E-state index in [0.29, 0.717) is 22.4 Å². The fraction of sp³-hybridized carbons (Fsp3) is 0.407. The topological polar surface area (TPSA) is 79.1 Å². The van der Waals surface area contributed by atoms with Crippen LogP contribution in [0.2, 0.25) is 5.02 Å². The minimum absolute atomic E-state index is 0.478. The lowest BCUT2D eigenvalue weighted by molar-refractivity contribution is 0.284. The van der Waals surface area contributed by atoms with E-state index >= 15 is 0 Å². The SMILES string of the molecule is Cc1ccc(-c2c(C)noc2C)cc1N(C[C@H]1CC[C@H](CN)CC1)c1ccc(C#N)c(Cl)c1. The van der Waals surface area contributed by atoms with E-state index in [1.807, 2.05) is 32.0 Å². The first-order valence-corrected chi connectivity index (χ1v) is 12.0. The van der Waals surface area contributed by atoms with Crippen molar-refractivity contribution >= 4 is 23.0 Å². The molecule has 1 heterocycles. The van der Waals surface area contributed by atoms with E-state index in [-0.39, 0.29) is 0 Å². The molecule has 0 amide bonds. The number of aromatic nitrogens is 1. The summed E-state index contributed by atoms with van der Waals surface area (Å²) in [4.78, 5) is 2.36. The van der Waals surface area contributed by atoms with E-state index in [0.717, 1.165) is 47.0 Å². The van der Waals surface area contributed by atoms with Crippen LogP contribution in [0, 0.1) is 43.9 Å². The van der Waals surface area contributed by atoms with Gasteiger partial charge in [0.05, 0.1) is 16.3 Å². The highest BCUT2D eigenvalue weighted by molar-refractivity contribution is 6.32. The van der Waals surface area contributed by atoms with Gasteiger partial charge >= 0.3 is 0 Å². The summed E-state index contributed by atoms with van der Waals surface area (Å²) in [5.41, 5.74) is 12.7. The molecule has 4 rings (SSSR count). The van der Waals surface area contributed by atoms with Gasteiger partial charge in [-0.2, -0.15) is 5.26 Å². The zero-order valence-electron chi connectivity index (χ0n) is 19.6. The van der Waals surface area contributed by atoms with Crippen LogP contribution in [0.5, 0.6) is 0 Å². The molecule has 1 saturated carbocycles. The average Bonchev–Trinajstić information content (AvgIpc) is 3.16. The molecule has 3 aromatic rings. The Hall–Kier alpha value is -2.81. The Morgan fingerprint density at radius 1 is 1.09 bits per heavy atom. The Kier molecular flexibility index (Phi) is 7.07. The summed E-state index contributed by atoms with van der Waals surface area (Å²) < 4.78 is 5.43. The van der Waals surface area contributed by atoms with Crippen LogP contribution in [0.4, 0.5) is 11.4 Å². The summed E-state index contributed by atoms with van der Waals surface area (Å²) in [5, 5.41) is 14.0. The van der Waals surface area contributed by atoms with Crippen molar-refractivity contribution in [2.45, 2.75) is 46.5 Å². The summed E-state index contributed by atoms with van der Waals surface area (Å²) >= 11 is 6.45. The van der Waals surface area contributed by atoms with E-state index < -0.39 is 0 Å². The Bertz CT molecular complexity index is 1150. The van der Waals surface area contributed by atoms with Gasteiger partial charge in [-0.05, 0) is 100 Å². The summed E-state index contributed by atoms with van der Waals surface area (Å²) in [6.07, 6.45) is 4.71. The van der Waals surface area contributed by atoms with E-state index in [4.69, 9.17) is 21.9 Å². The first-order chi connectivity index (χ1) is 15.9. The number of nitrogens with zero attached hydrogens (tertiary/aromatic N) is 3. The van der Waals surface area contributed by atoms with Crippen LogP contribution in [0.1, 0.15) is 48.3 Å². The molecule has 33 heavy (non-hydrogen) atoms. The molecule has 2 N–H and O–H groups in total. The molecule has 0 spiro atoms. The highest BCUT2D eigenvalue weighted by Crippen LogP contribution is 2.38. The fourth-order valence-electron chi connectivity index (χ4n) is 4.96. The van der Waals surface area contributed by atoms with Gasteiger partial charge in [0.15, 0.2) is 0 Å². The number of rotatable bonds is 6. The quantitative estimate of drug-likeness (QED) is 0.441. The van der Waals surface area contributed by atoms with Crippen molar-refractivity contribution in [3.8, 4) is 17.2 Å². The largest absolute Gasteiger partial charge is 0.361 e. The molecule has 172 valence electrons. The van der Waals surface area contributed by atoms with E-state index in [2.05, 4.69) is 41.2 Å². The number of nitriles is 1. The van der Waals surface area contributed by atoms with Gasteiger partial charge in [0.1, 0.15) is 11.8 Å². The molecule has 1 fully saturated rings. The Morgan fingerprint density at radius 3 is 2.42 bits per heavy atom. The molecule has 0 atom stereocenters. The van der Waals surface area contributed by atoms with Crippen LogP contribution < -0.4 is 10.6 Å². The molecule has 0 unspecified atom stereocenters. The minimum atomic E-state index is 0.478. The van der Waals surface area contributed by atoms with Gasteiger partial charge < -0.3 is 15.2 Å². The Labute approximate surface area is 201 Å². The third-order valence-electron chi connectivity index (χ3n) is 6.95. The minimum Gasteiger partial charge on any atom is -0.361 e. The van der Waals surface area contributed by atoms with Gasteiger partial charge in [-0.1, -0.05) is 28.9 Å². The standard InChI is InChI=1S/C27H31ClN4O/c1-17-4-9-22(27-18(2)31-33-19(27)3)12-26(17)32(16-21-7-5-20(14-29)6-8-21)24-11-10-23(15-30)25(28)13-24/h4,9-13,20-21H,5-8,14,16,29H2,1-3H3/t20-,21-. The van der Waals surface area contributed by atoms with Gasteiger partial charge in [0, 0.05) is 23.5 Å². The molecule has 6 heteroatoms. The molecule has 0 aliphatic heterocycles. The maximum Gasteiger partial charge on any atom is 0.141 e. The van der Waals surface area contributed by atoms with Crippen molar-refractivity contribution in [2.75, 3.05) is 18.0 Å². The van der Waals surface area contributed by atoms with Gasteiger partial charge in [-0.25, -0.2) is 0 Å². The molecular weight excluding hydrogens is 432 g/mol. The zero-order chi connectivity index (χ0) is 23.5. The number of halogens is 1. The van der Waals surface area contributed by atoms with Crippen LogP contribution in [-0.2, 0) is 0 Å². The average molecular weight is 463 g/mol. The number of hydrogen-bond donors (Lipinski definition) is 1. The van der Waals surface area contributed by atoms with Gasteiger partial charge in [0.2, 0.25) is 0 Å². The van der Waals surface area contributed by atoms with Crippen LogP contribution in [0.3, 0.4) is 0 Å². The van der Waals surface area contributed by atoms with Crippen LogP contribution in [-0.4, -0.2) is 18.2 Å². The van der Waals surface area contributed by atoms with Gasteiger partial charge in [-0.3, -0.25) is 0 Å². The second-order valence-corrected chi connectivity index (χ2v) is 9.62. The van der Waals surface area contributed by atoms with Crippen molar-refractivity contribution < 1.29 is 4.52 Å². The number of benzene rings is 2. The second kappa shape index (κ2) is 9.99. The first kappa shape index (κ1) is 23.4. The number of nitrogens with two attached hydrogens (primary N) is 1. The third kappa shape index (κ3) is 4.93. The lowest BCUT2D eigenvalue weighted by Gasteiger charge is -2.34. The van der Waals surface area contributed by atoms with Crippen LogP contribution in [0.25, 0.3) is 11.1 Å². The van der Waals surface area contributed by atoms with Crippen LogP contribution >= 0.6 is 11.6 Å². The lowest BCUT2D eigenvalue weighted by Crippen LogP contribution is -2.30. The molecule has 2 aromatic carbocycles. The molecule has 1 aromatic heterocycles. The molecule has 0 saturated heterocycles. The number of hydrogen-bond acceptors (Lipinski definition) is 5. The highest BCUT2D eigenvalue weighted by Gasteiger charge is 2.25. The monoisotopic (exact) mass is 462 g/mol. The van der Waals surface area contributed by atoms with E-state index in [1.54, 1.807) is 0 Å². The van der Waals surface area contributed by atoms with E-state index in [9.17, 15) is 5.26 Å². The highest BCUT2D eigenvalue weighted by atomic mass is 35.5. The Morgan fingerprint density at radius 2 is 1.82 bits per heavy atom. The summed E-state index contributed by atoms with van der Waals surface area (Å²) in [6, 6.07) is 14.4. The third-order valence-corrected chi connectivity index (χ3v) is 7.26. The Balaban J connectivity index is 1.75. The van der Waals surface area contributed by atoms with Crippen molar-refractivity contribution in [1.82, 2.24) is 5.16 Å². The summed E-state index contributed by atoms with van der Waals surface area (Å²) in [5.74, 6) is 2.03. The zero-order valence-corrected chi connectivity index (χ0v) is 20.3. The smallest absolute Gasteiger partial charge is 0.141 e. The summed E-state index contributed by atoms with van der Waals surface area (Å²) in [6.45, 7) is 7.73. The maximum atomic E-state index is 9.34. The first-order valence-electron chi connectivity index (χ1n) is 11.6. The fourth-order valence-corrected chi connectivity index (χ4v) is 5.18. The van der Waals surface area contributed by atoms with Crippen LogP contribution in [0.15, 0.2) is 40.9 Å². The normalized spacial score (nSPS) is 18.2. The molecule has 5 nitrogen and oxygen atoms in total. The second-order valence-electron chi connectivity index (χ2n) is 9.21. The maximum absolute atomic E-state index is 9.34. The van der Waals surface area contributed by atoms with Crippen molar-refractivity contribution in [2.24, 2.45) is 17.6 Å². The molecule has 1 aliphatic rings. The van der Waals surface area contributed by atoms with Crippen molar-refractivity contribution in [1.29, 1.82) is 5.26 Å². The molecule has 0 radical (unpaired) electrons. The molecular formula is C27H31ClN4O. The summed E-state index contributed by atoms with van der Waals surface area (Å²) in [7, 11) is 0. The van der Waals surface area contributed by atoms with Crippen molar-refractivity contribution in [3.05, 3.63) is 64.0 Å². The van der Waals surface area contributed by atoms with Gasteiger partial charge in [-0.15, -0.1) is 0 Å². The van der Waals surface area contributed by atoms with Crippen molar-refractivity contribution in [3.63, 3.8) is 0 Å². The molecule has 0 bridgehead atoms.